The first-order valence-corrected chi connectivity index (χ1v) is 10.3. The predicted molar refractivity (Wildman–Crippen MR) is 99.0 cm³/mol. The minimum atomic E-state index is -3.61. The Labute approximate surface area is 153 Å². The van der Waals surface area contributed by atoms with Crippen LogP contribution in [0.4, 0.5) is 10.1 Å². The van der Waals surface area contributed by atoms with Crippen LogP contribution in [0.5, 0.6) is 0 Å². The van der Waals surface area contributed by atoms with Gasteiger partial charge >= 0.3 is 0 Å². The van der Waals surface area contributed by atoms with E-state index in [1.807, 2.05) is 0 Å². The number of anilines is 1. The molecule has 1 amide bonds. The molecular weight excluding hydrogens is 355 g/mol. The van der Waals surface area contributed by atoms with Crippen molar-refractivity contribution in [3.63, 3.8) is 0 Å². The molecule has 1 aliphatic rings. The number of benzene rings is 2. The Balaban J connectivity index is 1.85. The third-order valence-corrected chi connectivity index (χ3v) is 5.61. The third-order valence-electron chi connectivity index (χ3n) is 4.47. The summed E-state index contributed by atoms with van der Waals surface area (Å²) in [6.45, 7) is 1.40. The number of amides is 1. The largest absolute Gasteiger partial charge is 0.339 e. The molecule has 1 heterocycles. The number of halogens is 1. The number of carbonyl (C=O) groups excluding carboxylic acids is 1. The lowest BCUT2D eigenvalue weighted by Crippen LogP contribution is -2.30. The molecular formula is C19H21FN2O3S. The zero-order chi connectivity index (χ0) is 18.7. The fraction of sp³-hybridized carbons (Fsp3) is 0.316. The minimum Gasteiger partial charge on any atom is -0.339 e. The molecule has 1 fully saturated rings. The Hall–Kier alpha value is -2.41. The lowest BCUT2D eigenvalue weighted by atomic mass is 10.1. The Bertz CT molecular complexity index is 891. The van der Waals surface area contributed by atoms with Gasteiger partial charge in [-0.1, -0.05) is 18.2 Å². The summed E-state index contributed by atoms with van der Waals surface area (Å²) in [6, 6.07) is 12.5. The van der Waals surface area contributed by atoms with E-state index in [1.54, 1.807) is 47.4 Å². The van der Waals surface area contributed by atoms with Crippen molar-refractivity contribution in [1.82, 2.24) is 4.90 Å². The first-order valence-electron chi connectivity index (χ1n) is 8.47. The predicted octanol–water partition coefficient (Wildman–Crippen LogP) is 3.03. The van der Waals surface area contributed by atoms with Crippen LogP contribution >= 0.6 is 0 Å². The van der Waals surface area contributed by atoms with E-state index in [1.165, 1.54) is 6.07 Å². The summed E-state index contributed by atoms with van der Waals surface area (Å²) in [5.41, 5.74) is 1.21. The molecule has 0 radical (unpaired) electrons. The number of likely N-dealkylation sites (tertiary alicyclic amines) is 1. The highest BCUT2D eigenvalue weighted by atomic mass is 32.2. The summed E-state index contributed by atoms with van der Waals surface area (Å²) in [5, 5.41) is 0. The van der Waals surface area contributed by atoms with Gasteiger partial charge in [-0.05, 0) is 43.2 Å². The maximum Gasteiger partial charge on any atom is 0.253 e. The fourth-order valence-corrected chi connectivity index (χ4v) is 3.93. The van der Waals surface area contributed by atoms with E-state index >= 15 is 0 Å². The first-order chi connectivity index (χ1) is 12.4. The standard InChI is InChI=1S/C19H21FN2O3S/c1-26(24,25)22(14-16-6-2-3-7-18(16)20)17-10-8-15(9-11-17)19(23)21-12-4-5-13-21/h2-3,6-11H,4-5,12-14H2,1H3. The Morgan fingerprint density at radius 1 is 1.08 bits per heavy atom. The van der Waals surface area contributed by atoms with Crippen molar-refractivity contribution in [3.05, 3.63) is 65.5 Å². The van der Waals surface area contributed by atoms with Crippen LogP contribution in [0.15, 0.2) is 48.5 Å². The minimum absolute atomic E-state index is 0.0472. The van der Waals surface area contributed by atoms with Gasteiger partial charge in [-0.15, -0.1) is 0 Å². The van der Waals surface area contributed by atoms with Crippen LogP contribution in [0.1, 0.15) is 28.8 Å². The maximum absolute atomic E-state index is 13.9. The van der Waals surface area contributed by atoms with Crippen LogP contribution in [0, 0.1) is 5.82 Å². The second-order valence-electron chi connectivity index (χ2n) is 6.41. The van der Waals surface area contributed by atoms with E-state index in [0.29, 0.717) is 11.3 Å². The number of carbonyl (C=O) groups is 1. The topological polar surface area (TPSA) is 57.7 Å². The van der Waals surface area contributed by atoms with Crippen molar-refractivity contribution in [2.75, 3.05) is 23.7 Å². The molecule has 138 valence electrons. The molecule has 26 heavy (non-hydrogen) atoms. The molecule has 5 nitrogen and oxygen atoms in total. The van der Waals surface area contributed by atoms with E-state index in [-0.39, 0.29) is 18.0 Å². The highest BCUT2D eigenvalue weighted by Crippen LogP contribution is 2.23. The van der Waals surface area contributed by atoms with Gasteiger partial charge in [0.25, 0.3) is 5.91 Å². The van der Waals surface area contributed by atoms with Gasteiger partial charge in [0.2, 0.25) is 10.0 Å². The van der Waals surface area contributed by atoms with Gasteiger partial charge in [0.05, 0.1) is 18.5 Å². The molecule has 0 bridgehead atoms. The number of sulfonamides is 1. The van der Waals surface area contributed by atoms with E-state index < -0.39 is 15.8 Å². The summed E-state index contributed by atoms with van der Waals surface area (Å²) in [4.78, 5) is 14.2. The summed E-state index contributed by atoms with van der Waals surface area (Å²) >= 11 is 0. The highest BCUT2D eigenvalue weighted by molar-refractivity contribution is 7.92. The lowest BCUT2D eigenvalue weighted by molar-refractivity contribution is 0.0793. The molecule has 1 aliphatic heterocycles. The van der Waals surface area contributed by atoms with Crippen molar-refractivity contribution < 1.29 is 17.6 Å². The zero-order valence-electron chi connectivity index (χ0n) is 14.6. The van der Waals surface area contributed by atoms with Crippen LogP contribution < -0.4 is 4.31 Å². The molecule has 0 unspecified atom stereocenters. The molecule has 2 aromatic rings. The normalized spacial score (nSPS) is 14.5. The van der Waals surface area contributed by atoms with Crippen molar-refractivity contribution in [2.45, 2.75) is 19.4 Å². The molecule has 0 N–H and O–H groups in total. The van der Waals surface area contributed by atoms with E-state index in [2.05, 4.69) is 0 Å². The smallest absolute Gasteiger partial charge is 0.253 e. The average molecular weight is 376 g/mol. The van der Waals surface area contributed by atoms with Gasteiger partial charge in [-0.3, -0.25) is 9.10 Å². The fourth-order valence-electron chi connectivity index (χ4n) is 3.05. The van der Waals surface area contributed by atoms with Crippen molar-refractivity contribution >= 4 is 21.6 Å². The second-order valence-corrected chi connectivity index (χ2v) is 8.31. The van der Waals surface area contributed by atoms with E-state index in [9.17, 15) is 17.6 Å². The molecule has 0 spiro atoms. The van der Waals surface area contributed by atoms with Gasteiger partial charge in [-0.25, -0.2) is 12.8 Å². The van der Waals surface area contributed by atoms with Crippen molar-refractivity contribution in [2.24, 2.45) is 0 Å². The van der Waals surface area contributed by atoms with Crippen molar-refractivity contribution in [3.8, 4) is 0 Å². The monoisotopic (exact) mass is 376 g/mol. The number of hydrogen-bond acceptors (Lipinski definition) is 3. The van der Waals surface area contributed by atoms with Gasteiger partial charge in [0, 0.05) is 24.2 Å². The summed E-state index contributed by atoms with van der Waals surface area (Å²) < 4.78 is 39.5. The third kappa shape index (κ3) is 4.04. The zero-order valence-corrected chi connectivity index (χ0v) is 15.4. The quantitative estimate of drug-likeness (QED) is 0.806. The molecule has 1 saturated heterocycles. The Morgan fingerprint density at radius 2 is 1.69 bits per heavy atom. The van der Waals surface area contributed by atoms with Gasteiger partial charge in [0.15, 0.2) is 0 Å². The van der Waals surface area contributed by atoms with Gasteiger partial charge in [-0.2, -0.15) is 0 Å². The Kier molecular flexibility index (Phi) is 5.27. The molecule has 0 saturated carbocycles. The number of rotatable bonds is 5. The summed E-state index contributed by atoms with van der Waals surface area (Å²) in [5.74, 6) is -0.504. The number of nitrogens with zero attached hydrogens (tertiary/aromatic N) is 2. The van der Waals surface area contributed by atoms with Crippen LogP contribution in [-0.2, 0) is 16.6 Å². The van der Waals surface area contributed by atoms with Crippen LogP contribution in [-0.4, -0.2) is 38.6 Å². The van der Waals surface area contributed by atoms with Crippen LogP contribution in [0.25, 0.3) is 0 Å². The van der Waals surface area contributed by atoms with E-state index in [4.69, 9.17) is 0 Å². The Morgan fingerprint density at radius 3 is 2.27 bits per heavy atom. The number of hydrogen-bond donors (Lipinski definition) is 0. The molecule has 7 heteroatoms. The molecule has 3 rings (SSSR count). The SMILES string of the molecule is CS(=O)(=O)N(Cc1ccccc1F)c1ccc(C(=O)N2CCCC2)cc1. The second kappa shape index (κ2) is 7.45. The van der Waals surface area contributed by atoms with E-state index in [0.717, 1.165) is 36.5 Å². The highest BCUT2D eigenvalue weighted by Gasteiger charge is 2.22. The average Bonchev–Trinajstić information content (AvgIpc) is 3.14. The maximum atomic E-state index is 13.9. The van der Waals surface area contributed by atoms with Gasteiger partial charge in [0.1, 0.15) is 5.82 Å². The van der Waals surface area contributed by atoms with Gasteiger partial charge < -0.3 is 4.90 Å². The molecule has 0 atom stereocenters. The summed E-state index contributed by atoms with van der Waals surface area (Å²) in [6.07, 6.45) is 3.10. The molecule has 0 aliphatic carbocycles. The van der Waals surface area contributed by atoms with Crippen molar-refractivity contribution in [1.29, 1.82) is 0 Å². The van der Waals surface area contributed by atoms with Crippen LogP contribution in [0.2, 0.25) is 0 Å². The van der Waals surface area contributed by atoms with Crippen LogP contribution in [0.3, 0.4) is 0 Å². The molecule has 2 aromatic carbocycles. The molecule has 0 aromatic heterocycles. The first kappa shape index (κ1) is 18.4. The lowest BCUT2D eigenvalue weighted by Gasteiger charge is -2.23. The summed E-state index contributed by atoms with van der Waals surface area (Å²) in [7, 11) is -3.61.